The van der Waals surface area contributed by atoms with Crippen molar-refractivity contribution in [3.05, 3.63) is 129 Å². The lowest BCUT2D eigenvalue weighted by atomic mass is 10.1. The van der Waals surface area contributed by atoms with Gasteiger partial charge in [-0.15, -0.1) is 11.3 Å². The molecule has 0 bridgehead atoms. The van der Waals surface area contributed by atoms with Crippen LogP contribution in [0.4, 0.5) is 11.4 Å². The first-order valence-electron chi connectivity index (χ1n) is 13.6. The van der Waals surface area contributed by atoms with Crippen molar-refractivity contribution in [2.75, 3.05) is 24.3 Å². The fourth-order valence-corrected chi connectivity index (χ4v) is 6.29. The molecule has 5 aromatic rings. The number of para-hydroxylation sites is 1. The van der Waals surface area contributed by atoms with Gasteiger partial charge in [0.15, 0.2) is 0 Å². The molecule has 10 heteroatoms. The number of rotatable bonds is 5. The summed E-state index contributed by atoms with van der Waals surface area (Å²) in [5.41, 5.74) is 5.04. The highest BCUT2D eigenvalue weighted by atomic mass is 35.5. The van der Waals surface area contributed by atoms with Crippen molar-refractivity contribution in [3.63, 3.8) is 0 Å². The fourth-order valence-electron chi connectivity index (χ4n) is 5.26. The summed E-state index contributed by atoms with van der Waals surface area (Å²) in [5, 5.41) is 5.10. The minimum Gasteiger partial charge on any atom is -0.331 e. The molecule has 3 heterocycles. The molecule has 0 aliphatic carbocycles. The number of halogens is 1. The Labute approximate surface area is 258 Å². The molecule has 3 amide bonds. The van der Waals surface area contributed by atoms with E-state index >= 15 is 0 Å². The molecule has 1 aliphatic heterocycles. The minimum absolute atomic E-state index is 0.213. The first-order chi connectivity index (χ1) is 20.6. The van der Waals surface area contributed by atoms with Crippen LogP contribution in [0.2, 0.25) is 5.02 Å². The lowest BCUT2D eigenvalue weighted by Crippen LogP contribution is -2.52. The van der Waals surface area contributed by atoms with E-state index in [0.717, 1.165) is 27.4 Å². The number of hydrogen-bond acceptors (Lipinski definition) is 5. The third-order valence-electron chi connectivity index (χ3n) is 7.41. The van der Waals surface area contributed by atoms with Crippen molar-refractivity contribution in [1.29, 1.82) is 0 Å². The summed E-state index contributed by atoms with van der Waals surface area (Å²) in [6, 6.07) is 27.4. The lowest BCUT2D eigenvalue weighted by Gasteiger charge is -2.23. The van der Waals surface area contributed by atoms with Crippen LogP contribution in [-0.2, 0) is 13.1 Å². The number of anilines is 2. The maximum atomic E-state index is 14.0. The van der Waals surface area contributed by atoms with E-state index in [9.17, 15) is 14.4 Å². The van der Waals surface area contributed by atoms with Gasteiger partial charge in [-0.25, -0.2) is 4.79 Å². The third kappa shape index (κ3) is 5.51. The van der Waals surface area contributed by atoms with Gasteiger partial charge < -0.3 is 14.8 Å². The number of thiophene rings is 1. The first-order valence-corrected chi connectivity index (χ1v) is 14.9. The lowest BCUT2D eigenvalue weighted by molar-refractivity contribution is -0.819. The molecular weight excluding hydrogens is 582 g/mol. The number of nitrogens with two attached hydrogens (primary N) is 1. The molecule has 43 heavy (non-hydrogen) atoms. The van der Waals surface area contributed by atoms with Crippen LogP contribution in [0.3, 0.4) is 0 Å². The average molecular weight is 611 g/mol. The monoisotopic (exact) mass is 610 g/mol. The molecule has 0 spiro atoms. The Kier molecular flexibility index (Phi) is 7.49. The minimum atomic E-state index is -0.341. The maximum Gasteiger partial charge on any atom is 0.380 e. The van der Waals surface area contributed by atoms with E-state index in [1.807, 2.05) is 70.6 Å². The van der Waals surface area contributed by atoms with Crippen LogP contribution in [0.5, 0.6) is 0 Å². The highest BCUT2D eigenvalue weighted by Crippen LogP contribution is 2.33. The summed E-state index contributed by atoms with van der Waals surface area (Å²) >= 11 is 8.25. The van der Waals surface area contributed by atoms with Gasteiger partial charge in [0.05, 0.1) is 37.8 Å². The number of benzene rings is 3. The molecule has 0 atom stereocenters. The van der Waals surface area contributed by atoms with Crippen LogP contribution in [0.15, 0.2) is 96.4 Å². The topological polar surface area (TPSA) is 97.4 Å². The summed E-state index contributed by atoms with van der Waals surface area (Å²) < 4.78 is 1.57. The number of hydrogen-bond donors (Lipinski definition) is 2. The number of carbonyl (C=O) groups excluding carboxylic acids is 3. The van der Waals surface area contributed by atoms with Gasteiger partial charge in [0.1, 0.15) is 5.69 Å². The molecule has 216 valence electrons. The summed E-state index contributed by atoms with van der Waals surface area (Å²) in [5.74, 6) is 5.28. The number of carbonyl (C=O) groups is 3. The summed E-state index contributed by atoms with van der Waals surface area (Å²) in [4.78, 5) is 43.0. The molecule has 0 radical (unpaired) electrons. The number of fused-ring (bicyclic) bond motifs is 2. The number of amides is 3. The van der Waals surface area contributed by atoms with Crippen LogP contribution in [0.1, 0.15) is 42.5 Å². The average Bonchev–Trinajstić information content (AvgIpc) is 3.63. The van der Waals surface area contributed by atoms with Gasteiger partial charge >= 0.3 is 5.91 Å². The van der Waals surface area contributed by atoms with Gasteiger partial charge in [0, 0.05) is 33.1 Å². The van der Waals surface area contributed by atoms with Crippen LogP contribution >= 0.6 is 22.9 Å². The van der Waals surface area contributed by atoms with Crippen LogP contribution in [0, 0.1) is 0 Å². The normalized spacial score (nSPS) is 12.7. The van der Waals surface area contributed by atoms with Crippen LogP contribution in [0.25, 0.3) is 10.4 Å². The zero-order valence-corrected chi connectivity index (χ0v) is 25.2. The zero-order valence-electron chi connectivity index (χ0n) is 23.6. The molecule has 6 rings (SSSR count). The van der Waals surface area contributed by atoms with Crippen molar-refractivity contribution < 1.29 is 19.0 Å². The Bertz CT molecular complexity index is 1870. The summed E-state index contributed by atoms with van der Waals surface area (Å²) in [7, 11) is 3.25. The van der Waals surface area contributed by atoms with Gasteiger partial charge in [-0.1, -0.05) is 54.1 Å². The standard InChI is InChI=1S/C33H28ClN5O3S/c1-39(2,35)33(42)29-16-14-23-20-38(28-11-6-3-8-21(28)19-37(23)29)32(41)26-15-13-22(18-27(26)34)36-31(40)25-10-5-4-9-24(25)30-12-7-17-43-30/h3-18H,19-20,35H2,1-2H3/p+1. The second kappa shape index (κ2) is 11.3. The number of nitrogens with zero attached hydrogens (tertiary/aromatic N) is 3. The van der Waals surface area contributed by atoms with Gasteiger partial charge in [-0.05, 0) is 59.5 Å². The number of quaternary nitrogens is 1. The van der Waals surface area contributed by atoms with Crippen molar-refractivity contribution >= 4 is 52.0 Å². The van der Waals surface area contributed by atoms with Crippen molar-refractivity contribution in [2.24, 2.45) is 5.84 Å². The molecule has 3 N–H and O–H groups in total. The molecule has 0 unspecified atom stereocenters. The number of aromatic nitrogens is 1. The SMILES string of the molecule is C[N+](C)(N)C(=O)c1ccc2n1Cc1ccccc1N(C(=O)c1ccc(NC(=O)c3ccccc3-c3cccs3)cc1Cl)C2. The Hall–Kier alpha value is -4.54. The quantitative estimate of drug-likeness (QED) is 0.104. The summed E-state index contributed by atoms with van der Waals surface area (Å²) in [6.07, 6.45) is 0. The van der Waals surface area contributed by atoms with Gasteiger partial charge in [-0.2, -0.15) is 10.4 Å². The van der Waals surface area contributed by atoms with Crippen LogP contribution < -0.4 is 16.1 Å². The van der Waals surface area contributed by atoms with E-state index in [1.165, 1.54) is 0 Å². The molecule has 0 fully saturated rings. The van der Waals surface area contributed by atoms with E-state index in [2.05, 4.69) is 5.32 Å². The first kappa shape index (κ1) is 28.6. The molecule has 0 saturated heterocycles. The predicted octanol–water partition coefficient (Wildman–Crippen LogP) is 6.42. The largest absolute Gasteiger partial charge is 0.380 e. The van der Waals surface area contributed by atoms with E-state index in [0.29, 0.717) is 29.1 Å². The van der Waals surface area contributed by atoms with Crippen LogP contribution in [-0.4, -0.2) is 41.0 Å². The molecule has 2 aromatic heterocycles. The fraction of sp³-hybridized carbons (Fsp3) is 0.121. The predicted molar refractivity (Wildman–Crippen MR) is 170 cm³/mol. The van der Waals surface area contributed by atoms with Gasteiger partial charge in [-0.3, -0.25) is 9.59 Å². The molecule has 1 aliphatic rings. The molecule has 0 saturated carbocycles. The van der Waals surface area contributed by atoms with E-state index in [-0.39, 0.29) is 33.9 Å². The van der Waals surface area contributed by atoms with Crippen molar-refractivity contribution in [2.45, 2.75) is 13.1 Å². The maximum absolute atomic E-state index is 14.0. The third-order valence-corrected chi connectivity index (χ3v) is 8.62. The van der Waals surface area contributed by atoms with E-state index < -0.39 is 0 Å². The highest BCUT2D eigenvalue weighted by Gasteiger charge is 2.32. The van der Waals surface area contributed by atoms with Crippen molar-refractivity contribution in [3.8, 4) is 10.4 Å². The molecule has 8 nitrogen and oxygen atoms in total. The Morgan fingerprint density at radius 2 is 1.65 bits per heavy atom. The summed E-state index contributed by atoms with van der Waals surface area (Å²) in [6.45, 7) is 0.643. The van der Waals surface area contributed by atoms with Gasteiger partial charge in [0.2, 0.25) is 0 Å². The Balaban J connectivity index is 1.29. The smallest absolute Gasteiger partial charge is 0.331 e. The Morgan fingerprint density at radius 1 is 0.884 bits per heavy atom. The molecular formula is C33H29ClN5O3S+. The van der Waals surface area contributed by atoms with E-state index in [4.69, 9.17) is 17.4 Å². The zero-order chi connectivity index (χ0) is 30.3. The Morgan fingerprint density at radius 3 is 2.40 bits per heavy atom. The second-order valence-electron chi connectivity index (χ2n) is 10.8. The second-order valence-corrected chi connectivity index (χ2v) is 12.2. The van der Waals surface area contributed by atoms with Gasteiger partial charge in [0.25, 0.3) is 11.8 Å². The van der Waals surface area contributed by atoms with Crippen molar-refractivity contribution in [1.82, 2.24) is 4.57 Å². The highest BCUT2D eigenvalue weighted by molar-refractivity contribution is 7.13. The number of nitrogens with one attached hydrogen (secondary N) is 1. The van der Waals surface area contributed by atoms with E-state index in [1.54, 1.807) is 60.7 Å². The molecule has 3 aromatic carbocycles.